The summed E-state index contributed by atoms with van der Waals surface area (Å²) < 4.78 is 0. The van der Waals surface area contributed by atoms with Crippen molar-refractivity contribution in [3.63, 3.8) is 0 Å². The van der Waals surface area contributed by atoms with E-state index >= 15 is 0 Å². The lowest BCUT2D eigenvalue weighted by molar-refractivity contribution is 0.228. The van der Waals surface area contributed by atoms with Crippen LogP contribution in [0, 0.1) is 0 Å². The molecule has 0 saturated heterocycles. The van der Waals surface area contributed by atoms with Gasteiger partial charge in [-0.25, -0.2) is 4.79 Å². The van der Waals surface area contributed by atoms with E-state index in [0.29, 0.717) is 6.04 Å². The summed E-state index contributed by atoms with van der Waals surface area (Å²) in [6.07, 6.45) is 8.48. The molecule has 74 valence electrons. The molecule has 1 rings (SSSR count). The Hall–Kier alpha value is -0.990. The van der Waals surface area contributed by atoms with Crippen molar-refractivity contribution in [1.82, 2.24) is 10.6 Å². The maximum absolute atomic E-state index is 11.2. The van der Waals surface area contributed by atoms with Crippen LogP contribution in [0.1, 0.15) is 32.6 Å². The van der Waals surface area contributed by atoms with E-state index in [2.05, 4.69) is 10.6 Å². The molecule has 0 aliphatic heterocycles. The lowest BCUT2D eigenvalue weighted by Gasteiger charge is -2.26. The third kappa shape index (κ3) is 3.97. The monoisotopic (exact) mass is 182 g/mol. The van der Waals surface area contributed by atoms with Gasteiger partial charge in [-0.3, -0.25) is 0 Å². The summed E-state index contributed by atoms with van der Waals surface area (Å²) in [7, 11) is 0. The first kappa shape index (κ1) is 10.1. The van der Waals surface area contributed by atoms with Crippen LogP contribution in [-0.2, 0) is 0 Å². The van der Waals surface area contributed by atoms with Crippen molar-refractivity contribution in [2.24, 2.45) is 0 Å². The number of hydrogen-bond donors (Lipinski definition) is 2. The molecule has 0 bridgehead atoms. The normalized spacial score (nSPS) is 17.0. The summed E-state index contributed by atoms with van der Waals surface area (Å²) >= 11 is 0. The van der Waals surface area contributed by atoms with Gasteiger partial charge in [-0.15, -0.1) is 0 Å². The maximum atomic E-state index is 11.2. The maximum Gasteiger partial charge on any atom is 0.315 e. The highest BCUT2D eigenvalue weighted by molar-refractivity contribution is 5.74. The van der Waals surface area contributed by atoms with Crippen molar-refractivity contribution in [2.75, 3.05) is 6.54 Å². The van der Waals surface area contributed by atoms with E-state index in [0.717, 1.165) is 25.8 Å². The predicted molar refractivity (Wildman–Crippen MR) is 53.6 cm³/mol. The summed E-state index contributed by atoms with van der Waals surface area (Å²) in [5.41, 5.74) is 0. The molecule has 3 heteroatoms. The molecule has 1 aliphatic carbocycles. The van der Waals surface area contributed by atoms with Crippen molar-refractivity contribution in [3.8, 4) is 0 Å². The highest BCUT2D eigenvalue weighted by Gasteiger charge is 2.18. The molecular weight excluding hydrogens is 164 g/mol. The fraction of sp³-hybridized carbons (Fsp3) is 0.700. The van der Waals surface area contributed by atoms with Gasteiger partial charge in [0.2, 0.25) is 0 Å². The molecule has 13 heavy (non-hydrogen) atoms. The van der Waals surface area contributed by atoms with Crippen LogP contribution in [0.15, 0.2) is 12.2 Å². The summed E-state index contributed by atoms with van der Waals surface area (Å²) in [5.74, 6) is 0. The lowest BCUT2D eigenvalue weighted by Crippen LogP contribution is -2.45. The van der Waals surface area contributed by atoms with Crippen LogP contribution in [0.4, 0.5) is 4.79 Å². The Morgan fingerprint density at radius 3 is 2.85 bits per heavy atom. The summed E-state index contributed by atoms with van der Waals surface area (Å²) in [4.78, 5) is 11.2. The summed E-state index contributed by atoms with van der Waals surface area (Å²) in [5, 5.41) is 5.73. The Kier molecular flexibility index (Phi) is 4.36. The number of carbonyl (C=O) groups excluding carboxylic acids is 1. The van der Waals surface area contributed by atoms with Gasteiger partial charge >= 0.3 is 6.03 Å². The minimum atomic E-state index is -0.0193. The number of urea groups is 1. The van der Waals surface area contributed by atoms with Crippen molar-refractivity contribution in [2.45, 2.75) is 38.6 Å². The van der Waals surface area contributed by atoms with Crippen molar-refractivity contribution in [3.05, 3.63) is 12.2 Å². The van der Waals surface area contributed by atoms with Crippen LogP contribution in [0.2, 0.25) is 0 Å². The van der Waals surface area contributed by atoms with Gasteiger partial charge in [-0.1, -0.05) is 12.2 Å². The zero-order valence-corrected chi connectivity index (χ0v) is 8.18. The highest BCUT2D eigenvalue weighted by Crippen LogP contribution is 2.17. The highest BCUT2D eigenvalue weighted by atomic mass is 16.2. The van der Waals surface area contributed by atoms with E-state index in [1.807, 2.05) is 19.1 Å². The molecule has 0 aromatic rings. The van der Waals surface area contributed by atoms with Crippen LogP contribution >= 0.6 is 0 Å². The predicted octanol–water partition coefficient (Wildman–Crippen LogP) is 1.80. The number of carbonyl (C=O) groups is 1. The van der Waals surface area contributed by atoms with E-state index in [1.165, 1.54) is 6.42 Å². The molecule has 0 spiro atoms. The SMILES string of the molecule is C/C=C/CCNC(=O)NC1CCC1. The largest absolute Gasteiger partial charge is 0.338 e. The van der Waals surface area contributed by atoms with Gasteiger partial charge in [0.05, 0.1) is 0 Å². The van der Waals surface area contributed by atoms with E-state index in [9.17, 15) is 4.79 Å². The Morgan fingerprint density at radius 2 is 2.31 bits per heavy atom. The molecule has 2 amide bonds. The van der Waals surface area contributed by atoms with E-state index in [4.69, 9.17) is 0 Å². The zero-order valence-electron chi connectivity index (χ0n) is 8.18. The van der Waals surface area contributed by atoms with Crippen LogP contribution < -0.4 is 10.6 Å². The molecule has 3 nitrogen and oxygen atoms in total. The smallest absolute Gasteiger partial charge is 0.315 e. The third-order valence-electron chi connectivity index (χ3n) is 2.27. The second-order valence-corrected chi connectivity index (χ2v) is 3.39. The Bertz CT molecular complexity index is 185. The van der Waals surface area contributed by atoms with Gasteiger partial charge in [0.1, 0.15) is 0 Å². The first-order chi connectivity index (χ1) is 6.33. The molecule has 1 aliphatic rings. The van der Waals surface area contributed by atoms with Gasteiger partial charge in [0, 0.05) is 12.6 Å². The van der Waals surface area contributed by atoms with Crippen LogP contribution in [0.5, 0.6) is 0 Å². The van der Waals surface area contributed by atoms with E-state index < -0.39 is 0 Å². The molecule has 0 unspecified atom stereocenters. The Balaban J connectivity index is 1.97. The first-order valence-electron chi connectivity index (χ1n) is 4.98. The van der Waals surface area contributed by atoms with Gasteiger partial charge in [0.25, 0.3) is 0 Å². The summed E-state index contributed by atoms with van der Waals surface area (Å²) in [6.45, 7) is 2.71. The molecule has 1 fully saturated rings. The van der Waals surface area contributed by atoms with Crippen molar-refractivity contribution >= 4 is 6.03 Å². The lowest BCUT2D eigenvalue weighted by atomic mass is 9.93. The van der Waals surface area contributed by atoms with E-state index in [1.54, 1.807) is 0 Å². The van der Waals surface area contributed by atoms with Crippen molar-refractivity contribution in [1.29, 1.82) is 0 Å². The molecular formula is C10H18N2O. The van der Waals surface area contributed by atoms with Gasteiger partial charge in [0.15, 0.2) is 0 Å². The molecule has 1 saturated carbocycles. The first-order valence-corrected chi connectivity index (χ1v) is 4.98. The minimum absolute atomic E-state index is 0.0193. The molecule has 2 N–H and O–H groups in total. The second kappa shape index (κ2) is 5.62. The van der Waals surface area contributed by atoms with Crippen LogP contribution in [-0.4, -0.2) is 18.6 Å². The fourth-order valence-electron chi connectivity index (χ4n) is 1.22. The molecule has 0 radical (unpaired) electrons. The van der Waals surface area contributed by atoms with Crippen LogP contribution in [0.3, 0.4) is 0 Å². The number of allylic oxidation sites excluding steroid dienone is 1. The van der Waals surface area contributed by atoms with E-state index in [-0.39, 0.29) is 6.03 Å². The zero-order chi connectivity index (χ0) is 9.52. The third-order valence-corrected chi connectivity index (χ3v) is 2.27. The quantitative estimate of drug-likeness (QED) is 0.505. The molecule has 0 aromatic carbocycles. The molecule has 0 atom stereocenters. The van der Waals surface area contributed by atoms with Crippen LogP contribution in [0.25, 0.3) is 0 Å². The Morgan fingerprint density at radius 1 is 1.54 bits per heavy atom. The standard InChI is InChI=1S/C10H18N2O/c1-2-3-4-8-11-10(13)12-9-6-5-7-9/h2-3,9H,4-8H2,1H3,(H2,11,12,13)/b3-2+. The number of amides is 2. The number of rotatable bonds is 4. The number of nitrogens with one attached hydrogen (secondary N) is 2. The number of hydrogen-bond acceptors (Lipinski definition) is 1. The van der Waals surface area contributed by atoms with Gasteiger partial charge < -0.3 is 10.6 Å². The average Bonchev–Trinajstić information content (AvgIpc) is 2.06. The second-order valence-electron chi connectivity index (χ2n) is 3.39. The van der Waals surface area contributed by atoms with Gasteiger partial charge in [-0.2, -0.15) is 0 Å². The van der Waals surface area contributed by atoms with Crippen molar-refractivity contribution < 1.29 is 4.79 Å². The topological polar surface area (TPSA) is 41.1 Å². The van der Waals surface area contributed by atoms with Gasteiger partial charge in [-0.05, 0) is 32.6 Å². The molecule has 0 aromatic heterocycles. The molecule has 0 heterocycles. The Labute approximate surface area is 79.6 Å². The average molecular weight is 182 g/mol. The fourth-order valence-corrected chi connectivity index (χ4v) is 1.22. The summed E-state index contributed by atoms with van der Waals surface area (Å²) in [6, 6.07) is 0.413. The minimum Gasteiger partial charge on any atom is -0.338 e.